The summed E-state index contributed by atoms with van der Waals surface area (Å²) in [7, 11) is 1.36. The first kappa shape index (κ1) is 19.1. The van der Waals surface area contributed by atoms with Gasteiger partial charge in [-0.3, -0.25) is 4.79 Å². The molecule has 3 rings (SSSR count). The van der Waals surface area contributed by atoms with E-state index in [0.29, 0.717) is 30.8 Å². The molecule has 1 aromatic heterocycles. The zero-order chi connectivity index (χ0) is 19.4. The van der Waals surface area contributed by atoms with Crippen molar-refractivity contribution in [1.82, 2.24) is 9.47 Å². The maximum Gasteiger partial charge on any atom is 0.354 e. The van der Waals surface area contributed by atoms with E-state index >= 15 is 0 Å². The Morgan fingerprint density at radius 2 is 1.89 bits per heavy atom. The summed E-state index contributed by atoms with van der Waals surface area (Å²) >= 11 is 0. The molecule has 0 atom stereocenters. The van der Waals surface area contributed by atoms with Crippen LogP contribution in [0.2, 0.25) is 0 Å². The number of piperidine rings is 1. The Hall–Kier alpha value is -2.70. The van der Waals surface area contributed by atoms with E-state index in [-0.39, 0.29) is 24.3 Å². The van der Waals surface area contributed by atoms with Gasteiger partial charge in [0.25, 0.3) is 0 Å². The first-order chi connectivity index (χ1) is 13.0. The molecule has 0 spiro atoms. The molecule has 1 amide bonds. The molecule has 1 aliphatic rings. The summed E-state index contributed by atoms with van der Waals surface area (Å²) in [6.45, 7) is 1.19. The van der Waals surface area contributed by atoms with Gasteiger partial charge in [0.05, 0.1) is 7.11 Å². The fourth-order valence-electron chi connectivity index (χ4n) is 3.49. The molecule has 1 aromatic carbocycles. The van der Waals surface area contributed by atoms with Crippen molar-refractivity contribution in [2.75, 3.05) is 20.2 Å². The lowest BCUT2D eigenvalue weighted by atomic mass is 10.0. The summed E-state index contributed by atoms with van der Waals surface area (Å²) in [5.74, 6) is -2.15. The minimum atomic E-state index is -0.895. The molecule has 7 heteroatoms. The minimum absolute atomic E-state index is 0.00104. The Balaban J connectivity index is 1.53. The van der Waals surface area contributed by atoms with Crippen LogP contribution in [-0.2, 0) is 16.0 Å². The molecule has 1 saturated heterocycles. The fraction of sp³-hybridized carbons (Fsp3) is 0.400. The van der Waals surface area contributed by atoms with Crippen molar-refractivity contribution in [2.24, 2.45) is 0 Å². The van der Waals surface area contributed by atoms with E-state index in [1.54, 1.807) is 11.0 Å². The molecule has 0 radical (unpaired) electrons. The van der Waals surface area contributed by atoms with Crippen LogP contribution in [0.3, 0.4) is 0 Å². The van der Waals surface area contributed by atoms with Gasteiger partial charge in [-0.15, -0.1) is 0 Å². The first-order valence-electron chi connectivity index (χ1n) is 8.96. The number of hydrogen-bond donors (Lipinski definition) is 0. The molecule has 0 N–H and O–H groups in total. The van der Waals surface area contributed by atoms with Gasteiger partial charge in [0.1, 0.15) is 5.69 Å². The smallest absolute Gasteiger partial charge is 0.354 e. The Bertz CT molecular complexity index is 826. The van der Waals surface area contributed by atoms with Crippen LogP contribution in [0.25, 0.3) is 0 Å². The van der Waals surface area contributed by atoms with Crippen LogP contribution >= 0.6 is 0 Å². The highest BCUT2D eigenvalue weighted by Gasteiger charge is 2.26. The van der Waals surface area contributed by atoms with Gasteiger partial charge in [-0.25, -0.2) is 13.6 Å². The highest BCUT2D eigenvalue weighted by atomic mass is 19.2. The molecule has 0 saturated carbocycles. The third kappa shape index (κ3) is 4.35. The largest absolute Gasteiger partial charge is 0.464 e. The van der Waals surface area contributed by atoms with Crippen LogP contribution in [0.5, 0.6) is 0 Å². The second kappa shape index (κ2) is 8.33. The number of benzene rings is 1. The molecular formula is C20H22F2N2O3. The molecule has 27 heavy (non-hydrogen) atoms. The Morgan fingerprint density at radius 1 is 1.15 bits per heavy atom. The van der Waals surface area contributed by atoms with Crippen molar-refractivity contribution in [3.8, 4) is 0 Å². The van der Waals surface area contributed by atoms with Crippen LogP contribution < -0.4 is 0 Å². The number of hydrogen-bond acceptors (Lipinski definition) is 3. The molecule has 0 bridgehead atoms. The second-order valence-electron chi connectivity index (χ2n) is 6.65. The lowest BCUT2D eigenvalue weighted by Crippen LogP contribution is -2.39. The highest BCUT2D eigenvalue weighted by Crippen LogP contribution is 2.25. The third-order valence-electron chi connectivity index (χ3n) is 5.00. The van der Waals surface area contributed by atoms with E-state index in [2.05, 4.69) is 0 Å². The number of ether oxygens (including phenoxy) is 1. The number of nitrogens with zero attached hydrogens (tertiary/aromatic N) is 2. The molecular weight excluding hydrogens is 354 g/mol. The Morgan fingerprint density at radius 3 is 2.56 bits per heavy atom. The molecule has 144 valence electrons. The van der Waals surface area contributed by atoms with Crippen LogP contribution in [0, 0.1) is 11.6 Å². The molecule has 1 fully saturated rings. The summed E-state index contributed by atoms with van der Waals surface area (Å²) in [6.07, 6.45) is 3.98. The molecule has 0 unspecified atom stereocenters. The first-order valence-corrected chi connectivity index (χ1v) is 8.96. The van der Waals surface area contributed by atoms with Crippen molar-refractivity contribution in [1.29, 1.82) is 0 Å². The maximum absolute atomic E-state index is 13.2. The van der Waals surface area contributed by atoms with Crippen molar-refractivity contribution in [3.05, 3.63) is 59.4 Å². The van der Waals surface area contributed by atoms with E-state index in [4.69, 9.17) is 4.74 Å². The standard InChI is InChI=1S/C20H22F2N2O3/c1-27-20(26)18-3-2-10-24(18)15-8-11-23(12-9-15)19(25)7-5-14-4-6-16(21)17(22)13-14/h2-4,6,10,13,15H,5,7-9,11-12H2,1H3. The van der Waals surface area contributed by atoms with E-state index in [1.807, 2.05) is 16.8 Å². The van der Waals surface area contributed by atoms with Gasteiger partial charge < -0.3 is 14.2 Å². The van der Waals surface area contributed by atoms with Crippen molar-refractivity contribution >= 4 is 11.9 Å². The molecule has 1 aliphatic heterocycles. The minimum Gasteiger partial charge on any atom is -0.464 e. The second-order valence-corrected chi connectivity index (χ2v) is 6.65. The summed E-state index contributed by atoms with van der Waals surface area (Å²) < 4.78 is 32.9. The number of aromatic nitrogens is 1. The third-order valence-corrected chi connectivity index (χ3v) is 5.00. The van der Waals surface area contributed by atoms with Gasteiger partial charge >= 0.3 is 5.97 Å². The summed E-state index contributed by atoms with van der Waals surface area (Å²) in [5, 5.41) is 0. The van der Waals surface area contributed by atoms with Gasteiger partial charge in [-0.1, -0.05) is 6.07 Å². The number of rotatable bonds is 5. The number of carbonyl (C=O) groups is 2. The molecule has 0 aliphatic carbocycles. The zero-order valence-corrected chi connectivity index (χ0v) is 15.2. The number of methoxy groups -OCH3 is 1. The van der Waals surface area contributed by atoms with Gasteiger partial charge in [0, 0.05) is 31.7 Å². The predicted molar refractivity (Wildman–Crippen MR) is 95.3 cm³/mol. The summed E-state index contributed by atoms with van der Waals surface area (Å²) in [5.41, 5.74) is 1.12. The number of aryl methyl sites for hydroxylation is 1. The van der Waals surface area contributed by atoms with Crippen LogP contribution in [-0.4, -0.2) is 41.5 Å². The number of carbonyl (C=O) groups excluding carboxylic acids is 2. The van der Waals surface area contributed by atoms with Crippen LogP contribution in [0.1, 0.15) is 41.4 Å². The molecule has 5 nitrogen and oxygen atoms in total. The van der Waals surface area contributed by atoms with Crippen LogP contribution in [0.15, 0.2) is 36.5 Å². The van der Waals surface area contributed by atoms with Crippen LogP contribution in [0.4, 0.5) is 8.78 Å². The van der Waals surface area contributed by atoms with E-state index < -0.39 is 11.6 Å². The molecule has 2 aromatic rings. The predicted octanol–water partition coefficient (Wildman–Crippen LogP) is 3.35. The average Bonchev–Trinajstić information content (AvgIpc) is 3.18. The monoisotopic (exact) mass is 376 g/mol. The number of likely N-dealkylation sites (tertiary alicyclic amines) is 1. The van der Waals surface area contributed by atoms with Gasteiger partial charge in [0.2, 0.25) is 5.91 Å². The number of amides is 1. The van der Waals surface area contributed by atoms with E-state index in [0.717, 1.165) is 25.0 Å². The van der Waals surface area contributed by atoms with Crippen molar-refractivity contribution < 1.29 is 23.1 Å². The normalized spacial score (nSPS) is 15.0. The Kier molecular flexibility index (Phi) is 5.88. The fourth-order valence-corrected chi connectivity index (χ4v) is 3.49. The number of esters is 1. The summed E-state index contributed by atoms with van der Waals surface area (Å²) in [4.78, 5) is 26.0. The average molecular weight is 376 g/mol. The number of halogens is 2. The molecule has 2 heterocycles. The zero-order valence-electron chi connectivity index (χ0n) is 15.2. The lowest BCUT2D eigenvalue weighted by Gasteiger charge is -2.33. The Labute approximate surface area is 156 Å². The quantitative estimate of drug-likeness (QED) is 0.752. The van der Waals surface area contributed by atoms with Crippen molar-refractivity contribution in [2.45, 2.75) is 31.7 Å². The SMILES string of the molecule is COC(=O)c1cccn1C1CCN(C(=O)CCc2ccc(F)c(F)c2)CC1. The van der Waals surface area contributed by atoms with Crippen molar-refractivity contribution in [3.63, 3.8) is 0 Å². The van der Waals surface area contributed by atoms with Gasteiger partial charge in [0.15, 0.2) is 11.6 Å². The summed E-state index contributed by atoms with van der Waals surface area (Å²) in [6, 6.07) is 7.39. The lowest BCUT2D eigenvalue weighted by molar-refractivity contribution is -0.132. The van der Waals surface area contributed by atoms with Gasteiger partial charge in [-0.05, 0) is 49.1 Å². The van der Waals surface area contributed by atoms with E-state index in [9.17, 15) is 18.4 Å². The van der Waals surface area contributed by atoms with Gasteiger partial charge in [-0.2, -0.15) is 0 Å². The maximum atomic E-state index is 13.2. The topological polar surface area (TPSA) is 51.5 Å². The highest BCUT2D eigenvalue weighted by molar-refractivity contribution is 5.87. The van der Waals surface area contributed by atoms with E-state index in [1.165, 1.54) is 13.2 Å².